The van der Waals surface area contributed by atoms with Gasteiger partial charge in [0.2, 0.25) is 8.16 Å². The van der Waals surface area contributed by atoms with Gasteiger partial charge >= 0.3 is 0 Å². The van der Waals surface area contributed by atoms with Crippen LogP contribution in [0.4, 0.5) is 0 Å². The van der Waals surface area contributed by atoms with Crippen molar-refractivity contribution in [3.05, 3.63) is 0 Å². The highest BCUT2D eigenvalue weighted by atomic mass is 35.7. The van der Waals surface area contributed by atoms with Crippen molar-refractivity contribution in [3.8, 4) is 0 Å². The normalized spacial score (nSPS) is 13.2. The molecule has 0 unspecified atom stereocenters. The molecule has 0 saturated carbocycles. The second-order valence-electron chi connectivity index (χ2n) is 2.70. The van der Waals surface area contributed by atoms with Crippen LogP contribution >= 0.6 is 19.4 Å². The van der Waals surface area contributed by atoms with Crippen LogP contribution in [-0.2, 0) is 4.62 Å². The summed E-state index contributed by atoms with van der Waals surface area (Å²) in [6.45, 7) is 8.29. The van der Waals surface area contributed by atoms with Gasteiger partial charge in [0.05, 0.1) is 0 Å². The topological polar surface area (TPSA) is 12.5 Å². The molecule has 0 aliphatic carbocycles. The van der Waals surface area contributed by atoms with Crippen LogP contribution in [0.25, 0.3) is 0 Å². The zero-order valence-electron chi connectivity index (χ0n) is 6.84. The van der Waals surface area contributed by atoms with Crippen molar-refractivity contribution in [2.24, 2.45) is 0 Å². The number of hydroxylamine groups is 2. The molecule has 0 N–H and O–H groups in total. The molecule has 0 aromatic carbocycles. The quantitative estimate of drug-likeness (QED) is 0.490. The predicted molar refractivity (Wildman–Crippen MR) is 46.0 cm³/mol. The average Bonchev–Trinajstić information content (AvgIpc) is 1.81. The van der Waals surface area contributed by atoms with Crippen molar-refractivity contribution in [3.63, 3.8) is 0 Å². The number of hydrogen-bond acceptors (Lipinski definition) is 2. The molecule has 0 rings (SSSR count). The summed E-state index contributed by atoms with van der Waals surface area (Å²) >= 11 is 5.39. The van der Waals surface area contributed by atoms with Gasteiger partial charge in [0.1, 0.15) is 0 Å². The summed E-state index contributed by atoms with van der Waals surface area (Å²) < 4.78 is 5.14. The first-order chi connectivity index (χ1) is 4.59. The Hall–Kier alpha value is 0.640. The molecule has 0 aromatic rings. The SMILES string of the molecule is CC(C)N(O[P]Cl)C(C)C. The highest BCUT2D eigenvalue weighted by molar-refractivity contribution is 7.64. The first-order valence-electron chi connectivity index (χ1n) is 3.36. The molecule has 0 saturated heterocycles. The maximum absolute atomic E-state index is 5.39. The monoisotopic (exact) mass is 182 g/mol. The Balaban J connectivity index is 3.73. The fraction of sp³-hybridized carbons (Fsp3) is 1.00. The lowest BCUT2D eigenvalue weighted by molar-refractivity contribution is -0.0964. The van der Waals surface area contributed by atoms with Gasteiger partial charge in [-0.25, -0.2) is 0 Å². The van der Waals surface area contributed by atoms with Crippen molar-refractivity contribution in [1.29, 1.82) is 0 Å². The third-order valence-corrected chi connectivity index (χ3v) is 1.58. The lowest BCUT2D eigenvalue weighted by Crippen LogP contribution is -2.34. The molecule has 0 heterocycles. The Labute approximate surface area is 69.5 Å². The van der Waals surface area contributed by atoms with Gasteiger partial charge in [-0.1, -0.05) is 11.2 Å². The minimum absolute atomic E-state index is 0.381. The summed E-state index contributed by atoms with van der Waals surface area (Å²) in [6, 6.07) is 0.762. The van der Waals surface area contributed by atoms with Crippen LogP contribution < -0.4 is 0 Å². The highest BCUT2D eigenvalue weighted by Crippen LogP contribution is 2.22. The van der Waals surface area contributed by atoms with Gasteiger partial charge in [0, 0.05) is 12.1 Å². The van der Waals surface area contributed by atoms with Gasteiger partial charge in [-0.3, -0.25) is 4.62 Å². The standard InChI is InChI=1S/C6H14ClNOP/c1-5(2)8(6(3)4)9-10-7/h5-6H,1-4H3. The van der Waals surface area contributed by atoms with Crippen molar-refractivity contribution in [2.45, 2.75) is 39.8 Å². The minimum atomic E-state index is 0.381. The van der Waals surface area contributed by atoms with Crippen LogP contribution in [0.5, 0.6) is 0 Å². The molecule has 0 spiro atoms. The lowest BCUT2D eigenvalue weighted by Gasteiger charge is -2.27. The zero-order chi connectivity index (χ0) is 8.15. The third kappa shape index (κ3) is 3.72. The number of nitrogens with zero attached hydrogens (tertiary/aromatic N) is 1. The molecule has 2 nitrogen and oxygen atoms in total. The first kappa shape index (κ1) is 10.6. The van der Waals surface area contributed by atoms with Gasteiger partial charge in [-0.2, -0.15) is 5.06 Å². The predicted octanol–water partition coefficient (Wildman–Crippen LogP) is 3.05. The molecule has 61 valence electrons. The van der Waals surface area contributed by atoms with Crippen molar-refractivity contribution >= 4 is 19.4 Å². The van der Waals surface area contributed by atoms with Gasteiger partial charge in [-0.15, -0.1) is 0 Å². The van der Waals surface area contributed by atoms with Crippen molar-refractivity contribution in [1.82, 2.24) is 5.06 Å². The Kier molecular flexibility index (Phi) is 5.65. The maximum atomic E-state index is 5.39. The van der Waals surface area contributed by atoms with E-state index in [0.717, 1.165) is 0 Å². The summed E-state index contributed by atoms with van der Waals surface area (Å²) in [4.78, 5) is 0. The van der Waals surface area contributed by atoms with E-state index in [4.69, 9.17) is 15.9 Å². The molecule has 4 heteroatoms. The van der Waals surface area contributed by atoms with Crippen LogP contribution in [0.3, 0.4) is 0 Å². The zero-order valence-corrected chi connectivity index (χ0v) is 8.49. The largest absolute Gasteiger partial charge is 0.252 e. The molecule has 0 aromatic heterocycles. The van der Waals surface area contributed by atoms with Gasteiger partial charge in [-0.05, 0) is 27.7 Å². The van der Waals surface area contributed by atoms with E-state index in [1.165, 1.54) is 0 Å². The van der Waals surface area contributed by atoms with Crippen LogP contribution in [0.1, 0.15) is 27.7 Å². The molecular weight excluding hydrogens is 168 g/mol. The fourth-order valence-corrected chi connectivity index (χ4v) is 1.48. The minimum Gasteiger partial charge on any atom is -0.252 e. The number of hydrogen-bond donors (Lipinski definition) is 0. The van der Waals surface area contributed by atoms with E-state index in [0.29, 0.717) is 20.2 Å². The van der Waals surface area contributed by atoms with Crippen molar-refractivity contribution < 1.29 is 4.62 Å². The molecule has 0 atom stereocenters. The molecule has 10 heavy (non-hydrogen) atoms. The summed E-state index contributed by atoms with van der Waals surface area (Å²) in [7, 11) is 0.443. The maximum Gasteiger partial charge on any atom is 0.219 e. The van der Waals surface area contributed by atoms with Crippen LogP contribution in [-0.4, -0.2) is 17.1 Å². The molecule has 0 aliphatic rings. The summed E-state index contributed by atoms with van der Waals surface area (Å²) in [5.74, 6) is 0. The molecule has 0 fully saturated rings. The van der Waals surface area contributed by atoms with Crippen LogP contribution in [0.2, 0.25) is 0 Å². The Morgan fingerprint density at radius 2 is 1.60 bits per heavy atom. The highest BCUT2D eigenvalue weighted by Gasteiger charge is 2.13. The van der Waals surface area contributed by atoms with Gasteiger partial charge in [0.25, 0.3) is 0 Å². The Bertz CT molecular complexity index is 81.8. The average molecular weight is 183 g/mol. The fourth-order valence-electron chi connectivity index (χ4n) is 0.820. The van der Waals surface area contributed by atoms with Crippen molar-refractivity contribution in [2.75, 3.05) is 0 Å². The molecule has 0 bridgehead atoms. The smallest absolute Gasteiger partial charge is 0.219 e. The Morgan fingerprint density at radius 1 is 1.20 bits per heavy atom. The summed E-state index contributed by atoms with van der Waals surface area (Å²) in [5.41, 5.74) is 0. The van der Waals surface area contributed by atoms with Crippen LogP contribution in [0.15, 0.2) is 0 Å². The van der Waals surface area contributed by atoms with E-state index in [9.17, 15) is 0 Å². The van der Waals surface area contributed by atoms with E-state index >= 15 is 0 Å². The van der Waals surface area contributed by atoms with Gasteiger partial charge in [0.15, 0.2) is 0 Å². The van der Waals surface area contributed by atoms with Crippen LogP contribution in [0, 0.1) is 0 Å². The van der Waals surface area contributed by atoms with E-state index < -0.39 is 0 Å². The first-order valence-corrected chi connectivity index (χ1v) is 5.08. The van der Waals surface area contributed by atoms with Gasteiger partial charge < -0.3 is 0 Å². The second kappa shape index (κ2) is 5.31. The summed E-state index contributed by atoms with van der Waals surface area (Å²) in [5, 5.41) is 1.87. The number of rotatable bonds is 4. The molecule has 1 radical (unpaired) electrons. The van der Waals surface area contributed by atoms with E-state index in [1.807, 2.05) is 5.06 Å². The Morgan fingerprint density at radius 3 is 1.70 bits per heavy atom. The summed E-state index contributed by atoms with van der Waals surface area (Å²) in [6.07, 6.45) is 0. The molecular formula is C6H14ClNOP. The van der Waals surface area contributed by atoms with E-state index in [-0.39, 0.29) is 0 Å². The lowest BCUT2D eigenvalue weighted by atomic mass is 10.3. The molecule has 0 amide bonds. The second-order valence-corrected chi connectivity index (χ2v) is 3.41. The molecule has 0 aliphatic heterocycles. The van der Waals surface area contributed by atoms with E-state index in [1.54, 1.807) is 0 Å². The third-order valence-electron chi connectivity index (χ3n) is 1.14. The van der Waals surface area contributed by atoms with E-state index in [2.05, 4.69) is 27.7 Å². The number of halogens is 1.